The van der Waals surface area contributed by atoms with E-state index in [-0.39, 0.29) is 24.1 Å². The van der Waals surface area contributed by atoms with E-state index in [1.807, 2.05) is 6.07 Å². The second kappa shape index (κ2) is 9.10. The molecule has 1 N–H and O–H groups in total. The number of nitrogens with one attached hydrogen (secondary N) is 1. The summed E-state index contributed by atoms with van der Waals surface area (Å²) in [6.45, 7) is 4.62. The molecule has 4 rings (SSSR count). The van der Waals surface area contributed by atoms with Crippen molar-refractivity contribution in [3.05, 3.63) is 74.7 Å². The van der Waals surface area contributed by atoms with Crippen molar-refractivity contribution in [3.8, 4) is 0 Å². The van der Waals surface area contributed by atoms with Crippen LogP contribution in [0.15, 0.2) is 58.1 Å². The fourth-order valence-corrected chi connectivity index (χ4v) is 4.33. The molecule has 1 amide bonds. The lowest BCUT2D eigenvalue weighted by atomic mass is 10.0. The third kappa shape index (κ3) is 4.63. The number of amides is 1. The van der Waals surface area contributed by atoms with Crippen molar-refractivity contribution in [2.45, 2.75) is 32.4 Å². The Morgan fingerprint density at radius 2 is 1.90 bits per heavy atom. The molecule has 0 saturated carbocycles. The second-order valence-electron chi connectivity index (χ2n) is 7.81. The minimum Gasteiger partial charge on any atom is -0.353 e. The number of hydrogen-bond acceptors (Lipinski definition) is 4. The minimum atomic E-state index is -0.217. The van der Waals surface area contributed by atoms with Gasteiger partial charge >= 0.3 is 0 Å². The van der Waals surface area contributed by atoms with Crippen LogP contribution in [0.3, 0.4) is 0 Å². The molecule has 3 aromatic rings. The first-order valence-electron chi connectivity index (χ1n) is 10.2. The van der Waals surface area contributed by atoms with Crippen LogP contribution in [-0.4, -0.2) is 40.0 Å². The van der Waals surface area contributed by atoms with Crippen LogP contribution in [0.5, 0.6) is 0 Å². The molecule has 1 aromatic heterocycles. The second-order valence-corrected chi connectivity index (χ2v) is 8.73. The third-order valence-electron chi connectivity index (χ3n) is 5.64. The Labute approximate surface area is 184 Å². The molecule has 6 nitrogen and oxygen atoms in total. The zero-order valence-electron chi connectivity index (χ0n) is 17.0. The van der Waals surface area contributed by atoms with Gasteiger partial charge in [0.15, 0.2) is 0 Å². The highest BCUT2D eigenvalue weighted by atomic mass is 79.9. The van der Waals surface area contributed by atoms with Crippen molar-refractivity contribution in [2.24, 2.45) is 0 Å². The van der Waals surface area contributed by atoms with Gasteiger partial charge < -0.3 is 5.32 Å². The monoisotopic (exact) mass is 468 g/mol. The van der Waals surface area contributed by atoms with Gasteiger partial charge in [0, 0.05) is 11.0 Å². The zero-order chi connectivity index (χ0) is 21.1. The minimum absolute atomic E-state index is 0.0467. The maximum Gasteiger partial charge on any atom is 0.261 e. The van der Waals surface area contributed by atoms with E-state index in [2.05, 4.69) is 62.3 Å². The molecule has 30 heavy (non-hydrogen) atoms. The van der Waals surface area contributed by atoms with Crippen LogP contribution >= 0.6 is 15.9 Å². The Morgan fingerprint density at radius 1 is 1.17 bits per heavy atom. The maximum absolute atomic E-state index is 12.7. The molecule has 0 aliphatic carbocycles. The fraction of sp³-hybridized carbons (Fsp3) is 0.348. The van der Waals surface area contributed by atoms with Gasteiger partial charge in [-0.1, -0.05) is 45.8 Å². The van der Waals surface area contributed by atoms with E-state index in [4.69, 9.17) is 0 Å². The van der Waals surface area contributed by atoms with Crippen LogP contribution in [0.4, 0.5) is 0 Å². The molecule has 0 radical (unpaired) electrons. The number of hydrogen-bond donors (Lipinski definition) is 1. The number of nitrogens with zero attached hydrogens (tertiary/aromatic N) is 3. The lowest BCUT2D eigenvalue weighted by Gasteiger charge is -2.28. The SMILES string of the molecule is Cc1ccc(C(CNC(=O)Cn2cnc3ccc(Br)cc3c2=O)N2CCCC2)cc1. The van der Waals surface area contributed by atoms with Gasteiger partial charge in [-0.15, -0.1) is 0 Å². The van der Waals surface area contributed by atoms with E-state index in [9.17, 15) is 9.59 Å². The number of likely N-dealkylation sites (tertiary alicyclic amines) is 1. The van der Waals surface area contributed by atoms with Crippen molar-refractivity contribution in [1.29, 1.82) is 0 Å². The molecule has 1 unspecified atom stereocenters. The van der Waals surface area contributed by atoms with Gasteiger partial charge in [0.25, 0.3) is 5.56 Å². The molecule has 1 atom stereocenters. The predicted molar refractivity (Wildman–Crippen MR) is 121 cm³/mol. The van der Waals surface area contributed by atoms with E-state index in [1.54, 1.807) is 12.1 Å². The van der Waals surface area contributed by atoms with Crippen LogP contribution in [0.25, 0.3) is 10.9 Å². The lowest BCUT2D eigenvalue weighted by molar-refractivity contribution is -0.122. The molecular formula is C23H25BrN4O2. The number of aryl methyl sites for hydroxylation is 1. The van der Waals surface area contributed by atoms with Gasteiger partial charge in [-0.05, 0) is 56.6 Å². The zero-order valence-corrected chi connectivity index (χ0v) is 18.6. The van der Waals surface area contributed by atoms with E-state index >= 15 is 0 Å². The van der Waals surface area contributed by atoms with Crippen LogP contribution < -0.4 is 10.9 Å². The molecule has 2 aromatic carbocycles. The van der Waals surface area contributed by atoms with Crippen LogP contribution in [0, 0.1) is 6.92 Å². The quantitative estimate of drug-likeness (QED) is 0.601. The van der Waals surface area contributed by atoms with Gasteiger partial charge in [-0.3, -0.25) is 19.1 Å². The molecule has 1 saturated heterocycles. The van der Waals surface area contributed by atoms with Crippen molar-refractivity contribution >= 4 is 32.7 Å². The highest BCUT2D eigenvalue weighted by Crippen LogP contribution is 2.25. The van der Waals surface area contributed by atoms with Gasteiger partial charge in [0.1, 0.15) is 6.54 Å². The highest BCUT2D eigenvalue weighted by molar-refractivity contribution is 9.10. The first-order valence-corrected chi connectivity index (χ1v) is 11.0. The molecule has 7 heteroatoms. The van der Waals surface area contributed by atoms with Crippen molar-refractivity contribution in [2.75, 3.05) is 19.6 Å². The average Bonchev–Trinajstić information content (AvgIpc) is 3.26. The number of benzene rings is 2. The van der Waals surface area contributed by atoms with Crippen molar-refractivity contribution in [3.63, 3.8) is 0 Å². The lowest BCUT2D eigenvalue weighted by Crippen LogP contribution is -2.39. The normalized spacial score (nSPS) is 15.4. The van der Waals surface area contributed by atoms with Crippen LogP contribution in [0.1, 0.15) is 30.0 Å². The van der Waals surface area contributed by atoms with Gasteiger partial charge in [-0.25, -0.2) is 4.98 Å². The number of aromatic nitrogens is 2. The molecular weight excluding hydrogens is 444 g/mol. The molecule has 1 fully saturated rings. The van der Waals surface area contributed by atoms with Gasteiger partial charge in [0.2, 0.25) is 5.91 Å². The van der Waals surface area contributed by atoms with E-state index < -0.39 is 0 Å². The van der Waals surface area contributed by atoms with E-state index in [0.717, 1.165) is 17.6 Å². The Balaban J connectivity index is 1.47. The average molecular weight is 469 g/mol. The number of fused-ring (bicyclic) bond motifs is 1. The first-order chi connectivity index (χ1) is 14.5. The smallest absolute Gasteiger partial charge is 0.261 e. The number of carbonyl (C=O) groups excluding carboxylic acids is 1. The summed E-state index contributed by atoms with van der Waals surface area (Å²) in [5.74, 6) is -0.190. The summed E-state index contributed by atoms with van der Waals surface area (Å²) in [5, 5.41) is 3.53. The summed E-state index contributed by atoms with van der Waals surface area (Å²) >= 11 is 3.38. The summed E-state index contributed by atoms with van der Waals surface area (Å²) in [6.07, 6.45) is 3.81. The summed E-state index contributed by atoms with van der Waals surface area (Å²) < 4.78 is 2.17. The molecule has 156 valence electrons. The standard InChI is InChI=1S/C23H25BrN4O2/c1-16-4-6-17(7-5-16)21(27-10-2-3-11-27)13-25-22(29)14-28-15-26-20-9-8-18(24)12-19(20)23(28)30/h4-9,12,15,21H,2-3,10-11,13-14H2,1H3,(H,25,29). The number of rotatable bonds is 6. The van der Waals surface area contributed by atoms with Crippen LogP contribution in [-0.2, 0) is 11.3 Å². The molecule has 2 heterocycles. The highest BCUT2D eigenvalue weighted by Gasteiger charge is 2.24. The predicted octanol–water partition coefficient (Wildman–Crippen LogP) is 3.42. The van der Waals surface area contributed by atoms with Crippen LogP contribution in [0.2, 0.25) is 0 Å². The first kappa shape index (κ1) is 20.8. The fourth-order valence-electron chi connectivity index (χ4n) is 3.96. The van der Waals surface area contributed by atoms with E-state index in [0.29, 0.717) is 17.4 Å². The molecule has 1 aliphatic heterocycles. The Morgan fingerprint density at radius 3 is 2.63 bits per heavy atom. The van der Waals surface area contributed by atoms with E-state index in [1.165, 1.54) is 34.9 Å². The number of carbonyl (C=O) groups is 1. The van der Waals surface area contributed by atoms with Gasteiger partial charge in [0.05, 0.1) is 23.3 Å². The largest absolute Gasteiger partial charge is 0.353 e. The molecule has 0 spiro atoms. The molecule has 1 aliphatic rings. The summed E-state index contributed by atoms with van der Waals surface area (Å²) in [4.78, 5) is 32.1. The Bertz CT molecular complexity index is 1100. The van der Waals surface area contributed by atoms with Crippen molar-refractivity contribution < 1.29 is 4.79 Å². The Hall–Kier alpha value is -2.51. The molecule has 0 bridgehead atoms. The maximum atomic E-state index is 12.7. The van der Waals surface area contributed by atoms with Crippen molar-refractivity contribution in [1.82, 2.24) is 19.8 Å². The Kier molecular flexibility index (Phi) is 6.29. The summed E-state index contributed by atoms with van der Waals surface area (Å²) in [5.41, 5.74) is 2.83. The number of halogens is 1. The van der Waals surface area contributed by atoms with Gasteiger partial charge in [-0.2, -0.15) is 0 Å². The summed E-state index contributed by atoms with van der Waals surface area (Å²) in [6, 6.07) is 14.0. The topological polar surface area (TPSA) is 67.2 Å². The summed E-state index contributed by atoms with van der Waals surface area (Å²) in [7, 11) is 0. The third-order valence-corrected chi connectivity index (χ3v) is 6.13.